The van der Waals surface area contributed by atoms with Crippen LogP contribution in [0.2, 0.25) is 0 Å². The monoisotopic (exact) mass is 406 g/mol. The summed E-state index contributed by atoms with van der Waals surface area (Å²) < 4.78 is 3.37. The van der Waals surface area contributed by atoms with Gasteiger partial charge in [-0.25, -0.2) is 9.67 Å². The van der Waals surface area contributed by atoms with Crippen LogP contribution in [0.5, 0.6) is 0 Å². The summed E-state index contributed by atoms with van der Waals surface area (Å²) in [5.74, 6) is 0.407. The standard InChI is InChI=1S/C24H18N6O/c31-22-14-9-18-17-25-24(27-19-10-12-20(13-11-19)29-16-6-15-26-29)28-23(18)30(22)21-7-4-2-1-3-5-8-21/h1-17H,(H,25,27,28). The maximum absolute atomic E-state index is 12.7. The van der Waals surface area contributed by atoms with Gasteiger partial charge in [0.15, 0.2) is 5.65 Å². The normalized spacial score (nSPS) is 13.1. The van der Waals surface area contributed by atoms with Crippen molar-refractivity contribution in [1.82, 2.24) is 24.3 Å². The predicted octanol–water partition coefficient (Wildman–Crippen LogP) is 4.24. The van der Waals surface area contributed by atoms with Crippen molar-refractivity contribution in [2.45, 2.75) is 0 Å². The van der Waals surface area contributed by atoms with Crippen LogP contribution in [-0.2, 0) is 0 Å². The Balaban J connectivity index is 1.52. The third-order valence-electron chi connectivity index (χ3n) is 4.76. The van der Waals surface area contributed by atoms with Crippen molar-refractivity contribution in [3.63, 3.8) is 0 Å². The van der Waals surface area contributed by atoms with Crippen LogP contribution in [0.1, 0.15) is 0 Å². The van der Waals surface area contributed by atoms with Gasteiger partial charge in [0.05, 0.1) is 11.4 Å². The van der Waals surface area contributed by atoms with Gasteiger partial charge in [-0.1, -0.05) is 30.4 Å². The molecule has 1 aromatic carbocycles. The quantitative estimate of drug-likeness (QED) is 0.548. The lowest BCUT2D eigenvalue weighted by atomic mass is 10.2. The van der Waals surface area contributed by atoms with Crippen molar-refractivity contribution in [2.75, 3.05) is 5.32 Å². The summed E-state index contributed by atoms with van der Waals surface area (Å²) in [7, 11) is 0. The Kier molecular flexibility index (Phi) is 4.82. The van der Waals surface area contributed by atoms with E-state index < -0.39 is 0 Å². The van der Waals surface area contributed by atoms with Gasteiger partial charge >= 0.3 is 0 Å². The molecular formula is C24H18N6O. The SMILES string of the molecule is O=c1ccc2cnc(Nc3ccc(-n4cccn4)cc3)nc2n1C1=CC=CC=CC=C1. The molecule has 0 bridgehead atoms. The van der Waals surface area contributed by atoms with E-state index in [-0.39, 0.29) is 5.56 Å². The Morgan fingerprint density at radius 1 is 0.903 bits per heavy atom. The van der Waals surface area contributed by atoms with E-state index in [1.807, 2.05) is 79.1 Å². The lowest BCUT2D eigenvalue weighted by molar-refractivity contribution is 0.881. The van der Waals surface area contributed by atoms with Gasteiger partial charge < -0.3 is 5.32 Å². The Morgan fingerprint density at radius 2 is 1.74 bits per heavy atom. The number of hydrogen-bond acceptors (Lipinski definition) is 5. The number of nitrogens with one attached hydrogen (secondary N) is 1. The van der Waals surface area contributed by atoms with Gasteiger partial charge in [-0.05, 0) is 48.6 Å². The summed E-state index contributed by atoms with van der Waals surface area (Å²) in [5.41, 5.74) is 2.89. The van der Waals surface area contributed by atoms with Gasteiger partial charge in [0, 0.05) is 35.7 Å². The van der Waals surface area contributed by atoms with Crippen LogP contribution in [0.25, 0.3) is 22.4 Å². The number of anilines is 2. The topological polar surface area (TPSA) is 77.6 Å². The van der Waals surface area contributed by atoms with Crippen molar-refractivity contribution >= 4 is 28.4 Å². The molecule has 0 fully saturated rings. The van der Waals surface area contributed by atoms with Crippen LogP contribution < -0.4 is 10.9 Å². The molecule has 0 amide bonds. The van der Waals surface area contributed by atoms with Crippen LogP contribution in [0, 0.1) is 0 Å². The molecule has 0 atom stereocenters. The molecule has 0 aliphatic heterocycles. The molecular weight excluding hydrogens is 388 g/mol. The van der Waals surface area contributed by atoms with Gasteiger partial charge in [-0.15, -0.1) is 0 Å². The second kappa shape index (κ2) is 8.08. The Labute approximate surface area is 178 Å². The predicted molar refractivity (Wildman–Crippen MR) is 122 cm³/mol. The lowest BCUT2D eigenvalue weighted by Gasteiger charge is -2.12. The van der Waals surface area contributed by atoms with Crippen molar-refractivity contribution in [2.24, 2.45) is 0 Å². The zero-order valence-electron chi connectivity index (χ0n) is 16.5. The molecule has 150 valence electrons. The Morgan fingerprint density at radius 3 is 2.58 bits per heavy atom. The first kappa shape index (κ1) is 18.5. The van der Waals surface area contributed by atoms with E-state index in [0.29, 0.717) is 11.6 Å². The Bertz CT molecular complexity index is 1410. The van der Waals surface area contributed by atoms with Gasteiger partial charge in [0.25, 0.3) is 5.56 Å². The Hall–Kier alpha value is -4.52. The molecule has 1 N–H and O–H groups in total. The molecule has 3 aromatic heterocycles. The third-order valence-corrected chi connectivity index (χ3v) is 4.76. The van der Waals surface area contributed by atoms with E-state index in [9.17, 15) is 4.79 Å². The molecule has 0 saturated heterocycles. The average molecular weight is 406 g/mol. The van der Waals surface area contributed by atoms with E-state index >= 15 is 0 Å². The highest BCUT2D eigenvalue weighted by atomic mass is 16.1. The minimum Gasteiger partial charge on any atom is -0.324 e. The molecule has 4 aromatic rings. The van der Waals surface area contributed by atoms with Crippen LogP contribution in [-0.4, -0.2) is 24.3 Å². The van der Waals surface area contributed by atoms with Gasteiger partial charge in [0.2, 0.25) is 5.95 Å². The van der Waals surface area contributed by atoms with E-state index in [1.165, 1.54) is 6.07 Å². The molecule has 3 heterocycles. The molecule has 31 heavy (non-hydrogen) atoms. The van der Waals surface area contributed by atoms with Crippen molar-refractivity contribution < 1.29 is 0 Å². The molecule has 1 aliphatic rings. The summed E-state index contributed by atoms with van der Waals surface area (Å²) in [4.78, 5) is 21.8. The summed E-state index contributed by atoms with van der Waals surface area (Å²) in [6.07, 6.45) is 18.6. The molecule has 5 rings (SSSR count). The van der Waals surface area contributed by atoms with Gasteiger partial charge in [-0.3, -0.25) is 9.36 Å². The number of allylic oxidation sites excluding steroid dienone is 8. The molecule has 1 aliphatic carbocycles. The first-order chi connectivity index (χ1) is 15.3. The molecule has 0 spiro atoms. The fourth-order valence-corrected chi connectivity index (χ4v) is 3.28. The number of fused-ring (bicyclic) bond motifs is 1. The van der Waals surface area contributed by atoms with Crippen LogP contribution in [0.15, 0.2) is 108 Å². The summed E-state index contributed by atoms with van der Waals surface area (Å²) in [5, 5.41) is 8.21. The highest BCUT2D eigenvalue weighted by Crippen LogP contribution is 2.20. The molecule has 7 heteroatoms. The van der Waals surface area contributed by atoms with Crippen molar-refractivity contribution in [3.05, 3.63) is 114 Å². The number of benzene rings is 1. The highest BCUT2D eigenvalue weighted by Gasteiger charge is 2.10. The van der Waals surface area contributed by atoms with E-state index in [0.717, 1.165) is 22.5 Å². The first-order valence-electron chi connectivity index (χ1n) is 9.76. The van der Waals surface area contributed by atoms with Crippen LogP contribution >= 0.6 is 0 Å². The lowest BCUT2D eigenvalue weighted by Crippen LogP contribution is -2.19. The number of nitrogens with zero attached hydrogens (tertiary/aromatic N) is 5. The number of aromatic nitrogens is 5. The molecule has 0 unspecified atom stereocenters. The number of rotatable bonds is 4. The van der Waals surface area contributed by atoms with E-state index in [2.05, 4.69) is 20.4 Å². The van der Waals surface area contributed by atoms with Gasteiger partial charge in [-0.2, -0.15) is 10.1 Å². The third kappa shape index (κ3) is 3.84. The first-order valence-corrected chi connectivity index (χ1v) is 9.76. The fourth-order valence-electron chi connectivity index (χ4n) is 3.28. The zero-order chi connectivity index (χ0) is 21.0. The second-order valence-corrected chi connectivity index (χ2v) is 6.82. The van der Waals surface area contributed by atoms with Crippen LogP contribution in [0.4, 0.5) is 11.6 Å². The maximum Gasteiger partial charge on any atom is 0.256 e. The molecule has 0 radical (unpaired) electrons. The number of hydrogen-bond donors (Lipinski definition) is 1. The van der Waals surface area contributed by atoms with Crippen molar-refractivity contribution in [3.8, 4) is 5.69 Å². The van der Waals surface area contributed by atoms with E-state index in [4.69, 9.17) is 0 Å². The summed E-state index contributed by atoms with van der Waals surface area (Å²) in [6, 6.07) is 12.9. The summed E-state index contributed by atoms with van der Waals surface area (Å²) >= 11 is 0. The smallest absolute Gasteiger partial charge is 0.256 e. The van der Waals surface area contributed by atoms with Crippen LogP contribution in [0.3, 0.4) is 0 Å². The minimum absolute atomic E-state index is 0.158. The summed E-state index contributed by atoms with van der Waals surface area (Å²) in [6.45, 7) is 0. The second-order valence-electron chi connectivity index (χ2n) is 6.82. The van der Waals surface area contributed by atoms with E-state index in [1.54, 1.807) is 27.7 Å². The molecule has 7 nitrogen and oxygen atoms in total. The zero-order valence-corrected chi connectivity index (χ0v) is 16.5. The van der Waals surface area contributed by atoms with Crippen molar-refractivity contribution in [1.29, 1.82) is 0 Å². The van der Waals surface area contributed by atoms with Gasteiger partial charge in [0.1, 0.15) is 0 Å². The fraction of sp³-hybridized carbons (Fsp3) is 0. The maximum atomic E-state index is 12.7. The highest BCUT2D eigenvalue weighted by molar-refractivity contribution is 5.80. The minimum atomic E-state index is -0.158. The largest absolute Gasteiger partial charge is 0.324 e. The number of pyridine rings is 1. The average Bonchev–Trinajstić information content (AvgIpc) is 3.30. The molecule has 0 saturated carbocycles.